The predicted molar refractivity (Wildman–Crippen MR) is 64.9 cm³/mol. The molecule has 86 valence electrons. The molecule has 0 spiro atoms. The standard InChI is InChI=1S/C12H14ClNO2/c1-8(2)7-14(3)12(16)9-4-5-11(15)10(13)6-9/h4-6,15H,1,7H2,2-3H3. The average Bonchev–Trinajstić information content (AvgIpc) is 2.20. The van der Waals surface area contributed by atoms with E-state index in [0.29, 0.717) is 12.1 Å². The van der Waals surface area contributed by atoms with E-state index in [-0.39, 0.29) is 16.7 Å². The van der Waals surface area contributed by atoms with Gasteiger partial charge in [-0.2, -0.15) is 0 Å². The number of aromatic hydroxyl groups is 1. The third-order valence-corrected chi connectivity index (χ3v) is 2.35. The number of carbonyl (C=O) groups is 1. The highest BCUT2D eigenvalue weighted by molar-refractivity contribution is 6.32. The Balaban J connectivity index is 2.88. The second-order valence-electron chi connectivity index (χ2n) is 3.78. The van der Waals surface area contributed by atoms with Crippen molar-refractivity contribution < 1.29 is 9.90 Å². The van der Waals surface area contributed by atoms with Gasteiger partial charge in [0.15, 0.2) is 0 Å². The monoisotopic (exact) mass is 239 g/mol. The number of phenolic OH excluding ortho intramolecular Hbond substituents is 1. The molecule has 1 N–H and O–H groups in total. The van der Waals surface area contributed by atoms with Gasteiger partial charge in [0.2, 0.25) is 0 Å². The van der Waals surface area contributed by atoms with Gasteiger partial charge in [0.25, 0.3) is 5.91 Å². The summed E-state index contributed by atoms with van der Waals surface area (Å²) in [5, 5.41) is 9.41. The maximum absolute atomic E-state index is 11.9. The molecular formula is C12H14ClNO2. The van der Waals surface area contributed by atoms with Crippen molar-refractivity contribution >= 4 is 17.5 Å². The molecule has 1 aromatic carbocycles. The molecule has 1 rings (SSSR count). The van der Waals surface area contributed by atoms with E-state index in [1.807, 2.05) is 6.92 Å². The molecule has 0 atom stereocenters. The van der Waals surface area contributed by atoms with Crippen molar-refractivity contribution in [2.45, 2.75) is 6.92 Å². The molecule has 0 heterocycles. The number of likely N-dealkylation sites (N-methyl/N-ethyl adjacent to an activating group) is 1. The highest BCUT2D eigenvalue weighted by Gasteiger charge is 2.12. The number of phenols is 1. The van der Waals surface area contributed by atoms with Crippen LogP contribution in [0.25, 0.3) is 0 Å². The van der Waals surface area contributed by atoms with Crippen LogP contribution in [0.2, 0.25) is 5.02 Å². The average molecular weight is 240 g/mol. The molecule has 0 aliphatic rings. The molecule has 1 aromatic rings. The lowest BCUT2D eigenvalue weighted by molar-refractivity contribution is 0.0807. The van der Waals surface area contributed by atoms with Crippen LogP contribution in [-0.2, 0) is 0 Å². The number of carbonyl (C=O) groups excluding carboxylic acids is 1. The van der Waals surface area contributed by atoms with Gasteiger partial charge >= 0.3 is 0 Å². The summed E-state index contributed by atoms with van der Waals surface area (Å²) in [4.78, 5) is 13.4. The minimum Gasteiger partial charge on any atom is -0.506 e. The molecule has 4 heteroatoms. The van der Waals surface area contributed by atoms with Crippen molar-refractivity contribution in [2.75, 3.05) is 13.6 Å². The Bertz CT molecular complexity index is 429. The first-order valence-electron chi connectivity index (χ1n) is 4.80. The largest absolute Gasteiger partial charge is 0.506 e. The number of halogens is 1. The fraction of sp³-hybridized carbons (Fsp3) is 0.250. The highest BCUT2D eigenvalue weighted by Crippen LogP contribution is 2.24. The van der Waals surface area contributed by atoms with Gasteiger partial charge in [-0.15, -0.1) is 0 Å². The van der Waals surface area contributed by atoms with Crippen molar-refractivity contribution in [1.82, 2.24) is 4.90 Å². The predicted octanol–water partition coefficient (Wildman–Crippen LogP) is 2.69. The molecule has 0 saturated heterocycles. The Morgan fingerprint density at radius 1 is 1.56 bits per heavy atom. The number of amides is 1. The van der Waals surface area contributed by atoms with Crippen molar-refractivity contribution in [2.24, 2.45) is 0 Å². The Morgan fingerprint density at radius 2 is 2.19 bits per heavy atom. The third kappa shape index (κ3) is 3.00. The Labute approximate surface area is 100.0 Å². The molecule has 3 nitrogen and oxygen atoms in total. The lowest BCUT2D eigenvalue weighted by atomic mass is 10.2. The van der Waals surface area contributed by atoms with E-state index in [1.54, 1.807) is 18.0 Å². The molecule has 0 aromatic heterocycles. The second kappa shape index (κ2) is 5.03. The van der Waals surface area contributed by atoms with E-state index in [9.17, 15) is 9.90 Å². The summed E-state index contributed by atoms with van der Waals surface area (Å²) in [5.41, 5.74) is 1.35. The van der Waals surface area contributed by atoms with Crippen molar-refractivity contribution in [3.63, 3.8) is 0 Å². The first-order valence-corrected chi connectivity index (χ1v) is 5.18. The summed E-state index contributed by atoms with van der Waals surface area (Å²) in [7, 11) is 1.69. The van der Waals surface area contributed by atoms with Gasteiger partial charge in [0, 0.05) is 19.2 Å². The Kier molecular flexibility index (Phi) is 3.96. The third-order valence-electron chi connectivity index (χ3n) is 2.05. The minimum absolute atomic E-state index is 0.0271. The summed E-state index contributed by atoms with van der Waals surface area (Å²) in [5.74, 6) is -0.175. The normalized spacial score (nSPS) is 9.94. The van der Waals surface area contributed by atoms with Gasteiger partial charge in [0.1, 0.15) is 5.75 Å². The first kappa shape index (κ1) is 12.6. The first-order chi connectivity index (χ1) is 7.41. The van der Waals surface area contributed by atoms with Gasteiger partial charge in [-0.1, -0.05) is 23.8 Å². The van der Waals surface area contributed by atoms with Crippen molar-refractivity contribution in [3.8, 4) is 5.75 Å². The summed E-state index contributed by atoms with van der Waals surface area (Å²) in [6.07, 6.45) is 0. The smallest absolute Gasteiger partial charge is 0.253 e. The Morgan fingerprint density at radius 3 is 2.69 bits per heavy atom. The molecule has 0 fully saturated rings. The molecular weight excluding hydrogens is 226 g/mol. The maximum atomic E-state index is 11.9. The zero-order valence-corrected chi connectivity index (χ0v) is 10.1. The number of benzene rings is 1. The highest BCUT2D eigenvalue weighted by atomic mass is 35.5. The van der Waals surface area contributed by atoms with Crippen LogP contribution in [0, 0.1) is 0 Å². The molecule has 0 radical (unpaired) electrons. The number of rotatable bonds is 3. The number of hydrogen-bond donors (Lipinski definition) is 1. The molecule has 1 amide bonds. The second-order valence-corrected chi connectivity index (χ2v) is 4.19. The molecule has 0 aliphatic carbocycles. The van der Waals surface area contributed by atoms with Crippen LogP contribution < -0.4 is 0 Å². The van der Waals surface area contributed by atoms with Crippen LogP contribution in [0.1, 0.15) is 17.3 Å². The SMILES string of the molecule is C=C(C)CN(C)C(=O)c1ccc(O)c(Cl)c1. The van der Waals surface area contributed by atoms with Gasteiger partial charge in [-0.3, -0.25) is 4.79 Å². The van der Waals surface area contributed by atoms with Crippen LogP contribution in [0.3, 0.4) is 0 Å². The fourth-order valence-electron chi connectivity index (χ4n) is 1.34. The maximum Gasteiger partial charge on any atom is 0.253 e. The zero-order chi connectivity index (χ0) is 12.3. The van der Waals surface area contributed by atoms with E-state index in [4.69, 9.17) is 11.6 Å². The van der Waals surface area contributed by atoms with E-state index < -0.39 is 0 Å². The summed E-state index contributed by atoms with van der Waals surface area (Å²) >= 11 is 5.73. The molecule has 0 bridgehead atoms. The van der Waals surface area contributed by atoms with Crippen molar-refractivity contribution in [1.29, 1.82) is 0 Å². The van der Waals surface area contributed by atoms with E-state index >= 15 is 0 Å². The lowest BCUT2D eigenvalue weighted by Crippen LogP contribution is -2.28. The molecule has 0 saturated carbocycles. The van der Waals surface area contributed by atoms with Crippen molar-refractivity contribution in [3.05, 3.63) is 40.9 Å². The van der Waals surface area contributed by atoms with E-state index in [2.05, 4.69) is 6.58 Å². The van der Waals surface area contributed by atoms with Gasteiger partial charge in [-0.05, 0) is 25.1 Å². The zero-order valence-electron chi connectivity index (χ0n) is 9.33. The van der Waals surface area contributed by atoms with Crippen LogP contribution in [0.5, 0.6) is 5.75 Å². The minimum atomic E-state index is -0.148. The summed E-state index contributed by atoms with van der Waals surface area (Å²) in [6, 6.07) is 4.40. The quantitative estimate of drug-likeness (QED) is 0.824. The lowest BCUT2D eigenvalue weighted by Gasteiger charge is -2.17. The van der Waals surface area contributed by atoms with Gasteiger partial charge in [0.05, 0.1) is 5.02 Å². The fourth-order valence-corrected chi connectivity index (χ4v) is 1.52. The van der Waals surface area contributed by atoms with Gasteiger partial charge in [-0.25, -0.2) is 0 Å². The van der Waals surface area contributed by atoms with Crippen LogP contribution in [0.4, 0.5) is 0 Å². The van der Waals surface area contributed by atoms with Gasteiger partial charge < -0.3 is 10.0 Å². The van der Waals surface area contributed by atoms with E-state index in [0.717, 1.165) is 5.57 Å². The van der Waals surface area contributed by atoms with E-state index in [1.165, 1.54) is 12.1 Å². The van der Waals surface area contributed by atoms with Crippen LogP contribution in [-0.4, -0.2) is 29.5 Å². The summed E-state index contributed by atoms with van der Waals surface area (Å²) < 4.78 is 0. The number of nitrogens with zero attached hydrogens (tertiary/aromatic N) is 1. The topological polar surface area (TPSA) is 40.5 Å². The van der Waals surface area contributed by atoms with Crippen LogP contribution in [0.15, 0.2) is 30.4 Å². The molecule has 16 heavy (non-hydrogen) atoms. The summed E-state index contributed by atoms with van der Waals surface area (Å²) in [6.45, 7) is 6.09. The Hall–Kier alpha value is -1.48. The van der Waals surface area contributed by atoms with Crippen LogP contribution >= 0.6 is 11.6 Å². The molecule has 0 aliphatic heterocycles. The number of hydrogen-bond acceptors (Lipinski definition) is 2. The molecule has 0 unspecified atom stereocenters.